The average Bonchev–Trinajstić information content (AvgIpc) is 3.42. The molecule has 2 heterocycles. The summed E-state index contributed by atoms with van der Waals surface area (Å²) in [7, 11) is 0. The number of carbonyl (C=O) groups excluding carboxylic acids is 2. The summed E-state index contributed by atoms with van der Waals surface area (Å²) in [5.74, 6) is 0.0176. The summed E-state index contributed by atoms with van der Waals surface area (Å²) in [6.07, 6.45) is 2.43. The molecular formula is C22H19BrClN3O4. The molecule has 7 nitrogen and oxygen atoms in total. The lowest BCUT2D eigenvalue weighted by molar-refractivity contribution is -0.125. The third-order valence-corrected chi connectivity index (χ3v) is 6.03. The highest BCUT2D eigenvalue weighted by molar-refractivity contribution is 9.10. The van der Waals surface area contributed by atoms with Gasteiger partial charge in [-0.15, -0.1) is 0 Å². The Kier molecular flexibility index (Phi) is 6.41. The van der Waals surface area contributed by atoms with Gasteiger partial charge in [-0.3, -0.25) is 9.59 Å². The van der Waals surface area contributed by atoms with Crippen LogP contribution in [-0.4, -0.2) is 45.5 Å². The molecule has 9 heteroatoms. The van der Waals surface area contributed by atoms with E-state index in [1.54, 1.807) is 24.4 Å². The van der Waals surface area contributed by atoms with Crippen LogP contribution in [0.2, 0.25) is 5.02 Å². The number of likely N-dealkylation sites (tertiary alicyclic amines) is 1. The Balaban J connectivity index is 1.42. The number of β-amino-alcohol motifs (C(OH)–C–C–N with tert-alkyl or cyclic N) is 1. The van der Waals surface area contributed by atoms with Crippen molar-refractivity contribution in [3.63, 3.8) is 0 Å². The number of aliphatic hydroxyl groups excluding tert-OH is 1. The third-order valence-electron chi connectivity index (χ3n) is 5.14. The lowest BCUT2D eigenvalue weighted by Crippen LogP contribution is -2.45. The number of hydrogen-bond acceptors (Lipinski definition) is 5. The van der Waals surface area contributed by atoms with Gasteiger partial charge in [0.1, 0.15) is 6.04 Å². The second-order valence-corrected chi connectivity index (χ2v) is 8.56. The molecule has 4 rings (SSSR count). The van der Waals surface area contributed by atoms with Gasteiger partial charge in [0.25, 0.3) is 5.91 Å². The number of aromatic nitrogens is 1. The Bertz CT molecular complexity index is 1090. The number of aliphatic hydroxyl groups is 1. The van der Waals surface area contributed by atoms with Crippen LogP contribution < -0.4 is 5.32 Å². The van der Waals surface area contributed by atoms with Crippen molar-refractivity contribution in [2.75, 3.05) is 6.54 Å². The van der Waals surface area contributed by atoms with Gasteiger partial charge in [0.15, 0.2) is 12.2 Å². The van der Waals surface area contributed by atoms with Gasteiger partial charge >= 0.3 is 0 Å². The molecule has 1 saturated heterocycles. The minimum absolute atomic E-state index is 0.0951. The van der Waals surface area contributed by atoms with E-state index in [0.29, 0.717) is 27.4 Å². The molecule has 31 heavy (non-hydrogen) atoms. The second kappa shape index (κ2) is 9.21. The Morgan fingerprint density at radius 1 is 1.26 bits per heavy atom. The Morgan fingerprint density at radius 2 is 2.03 bits per heavy atom. The molecule has 2 N–H and O–H groups in total. The maximum absolute atomic E-state index is 13.0. The van der Waals surface area contributed by atoms with Crippen LogP contribution in [0.5, 0.6) is 0 Å². The highest BCUT2D eigenvalue weighted by Gasteiger charge is 2.39. The van der Waals surface area contributed by atoms with E-state index in [4.69, 9.17) is 16.0 Å². The number of carbonyl (C=O) groups is 2. The van der Waals surface area contributed by atoms with Gasteiger partial charge < -0.3 is 19.7 Å². The van der Waals surface area contributed by atoms with E-state index in [1.807, 2.05) is 24.3 Å². The van der Waals surface area contributed by atoms with Crippen molar-refractivity contribution < 1.29 is 19.1 Å². The fourth-order valence-electron chi connectivity index (χ4n) is 3.56. The van der Waals surface area contributed by atoms with E-state index in [1.165, 1.54) is 11.3 Å². The molecule has 2 atom stereocenters. The highest BCUT2D eigenvalue weighted by Crippen LogP contribution is 2.27. The summed E-state index contributed by atoms with van der Waals surface area (Å²) in [5, 5.41) is 13.5. The minimum Gasteiger partial charge on any atom is -0.444 e. The summed E-state index contributed by atoms with van der Waals surface area (Å²) in [4.78, 5) is 31.1. The number of hydrogen-bond donors (Lipinski definition) is 2. The summed E-state index contributed by atoms with van der Waals surface area (Å²) >= 11 is 9.30. The average molecular weight is 505 g/mol. The Labute approximate surface area is 192 Å². The maximum atomic E-state index is 13.0. The fourth-order valence-corrected chi connectivity index (χ4v) is 4.41. The molecule has 2 amide bonds. The van der Waals surface area contributed by atoms with Crippen LogP contribution in [0.4, 0.5) is 0 Å². The van der Waals surface area contributed by atoms with Crippen LogP contribution in [0.25, 0.3) is 11.3 Å². The van der Waals surface area contributed by atoms with Crippen molar-refractivity contribution in [3.05, 3.63) is 75.7 Å². The van der Waals surface area contributed by atoms with Gasteiger partial charge in [0, 0.05) is 34.6 Å². The Hall–Kier alpha value is -2.68. The molecule has 0 bridgehead atoms. The maximum Gasteiger partial charge on any atom is 0.255 e. The second-order valence-electron chi connectivity index (χ2n) is 7.27. The van der Waals surface area contributed by atoms with E-state index in [9.17, 15) is 14.7 Å². The normalized spacial score (nSPS) is 18.2. The van der Waals surface area contributed by atoms with Crippen LogP contribution in [-0.2, 0) is 11.3 Å². The minimum atomic E-state index is -0.757. The van der Waals surface area contributed by atoms with Crippen LogP contribution in [0.1, 0.15) is 22.3 Å². The number of nitrogens with zero attached hydrogens (tertiary/aromatic N) is 2. The number of nitrogens with one attached hydrogen (secondary N) is 1. The van der Waals surface area contributed by atoms with Gasteiger partial charge in [0.05, 0.1) is 17.9 Å². The van der Waals surface area contributed by atoms with E-state index < -0.39 is 12.1 Å². The van der Waals surface area contributed by atoms with E-state index in [2.05, 4.69) is 26.2 Å². The van der Waals surface area contributed by atoms with Crippen molar-refractivity contribution in [1.29, 1.82) is 0 Å². The number of amides is 2. The zero-order valence-electron chi connectivity index (χ0n) is 16.3. The first-order valence-corrected chi connectivity index (χ1v) is 10.8. The molecule has 160 valence electrons. The summed E-state index contributed by atoms with van der Waals surface area (Å²) < 4.78 is 5.81. The first-order chi connectivity index (χ1) is 14.9. The fraction of sp³-hybridized carbons (Fsp3) is 0.227. The molecule has 1 aromatic heterocycles. The summed E-state index contributed by atoms with van der Waals surface area (Å²) in [6, 6.07) is 11.6. The lowest BCUT2D eigenvalue weighted by atomic mass is 10.1. The molecule has 1 aliphatic heterocycles. The van der Waals surface area contributed by atoms with Crippen molar-refractivity contribution in [1.82, 2.24) is 15.2 Å². The largest absolute Gasteiger partial charge is 0.444 e. The van der Waals surface area contributed by atoms with E-state index >= 15 is 0 Å². The number of benzene rings is 2. The standard InChI is InChI=1S/C22H19BrClN3O4/c23-18-7-15(24)5-6-17(18)22(30)27-11-16(28)8-19(27)21(29)26-9-13-1-3-14(4-2-13)20-10-25-12-31-20/h1-7,10,12,16,19,28H,8-9,11H2,(H,26,29). The van der Waals surface area contributed by atoms with Gasteiger partial charge in [0.2, 0.25) is 5.91 Å². The molecule has 3 aromatic rings. The quantitative estimate of drug-likeness (QED) is 0.553. The van der Waals surface area contributed by atoms with Crippen LogP contribution in [0.3, 0.4) is 0 Å². The van der Waals surface area contributed by atoms with Crippen LogP contribution in [0, 0.1) is 0 Å². The monoisotopic (exact) mass is 503 g/mol. The highest BCUT2D eigenvalue weighted by atomic mass is 79.9. The van der Waals surface area contributed by atoms with Crippen molar-refractivity contribution in [3.8, 4) is 11.3 Å². The van der Waals surface area contributed by atoms with Gasteiger partial charge in [-0.2, -0.15) is 0 Å². The smallest absolute Gasteiger partial charge is 0.255 e. The molecule has 0 aliphatic carbocycles. The SMILES string of the molecule is O=C(NCc1ccc(-c2cnco2)cc1)C1CC(O)CN1C(=O)c1ccc(Cl)cc1Br. The molecule has 1 aliphatic rings. The van der Waals surface area contributed by atoms with Crippen molar-refractivity contribution >= 4 is 39.3 Å². The van der Waals surface area contributed by atoms with Gasteiger partial charge in [-0.25, -0.2) is 4.98 Å². The van der Waals surface area contributed by atoms with Crippen molar-refractivity contribution in [2.24, 2.45) is 0 Å². The van der Waals surface area contributed by atoms with E-state index in [0.717, 1.165) is 11.1 Å². The summed E-state index contributed by atoms with van der Waals surface area (Å²) in [5.41, 5.74) is 2.17. The molecule has 1 fully saturated rings. The molecule has 0 radical (unpaired) electrons. The lowest BCUT2D eigenvalue weighted by Gasteiger charge is -2.24. The molecule has 2 unspecified atom stereocenters. The predicted molar refractivity (Wildman–Crippen MR) is 118 cm³/mol. The number of oxazole rings is 1. The van der Waals surface area contributed by atoms with E-state index in [-0.39, 0.29) is 24.8 Å². The first kappa shape index (κ1) is 21.5. The zero-order valence-corrected chi connectivity index (χ0v) is 18.6. The molecule has 2 aromatic carbocycles. The van der Waals surface area contributed by atoms with Crippen molar-refractivity contribution in [2.45, 2.75) is 25.1 Å². The van der Waals surface area contributed by atoms with Crippen LogP contribution >= 0.6 is 27.5 Å². The Morgan fingerprint density at radius 3 is 2.71 bits per heavy atom. The first-order valence-electron chi connectivity index (χ1n) is 9.62. The number of halogens is 2. The molecule has 0 saturated carbocycles. The molecule has 0 spiro atoms. The molecular weight excluding hydrogens is 486 g/mol. The number of rotatable bonds is 5. The third kappa shape index (κ3) is 4.81. The van der Waals surface area contributed by atoms with Gasteiger partial charge in [-0.1, -0.05) is 35.9 Å². The predicted octanol–water partition coefficient (Wildman–Crippen LogP) is 3.65. The topological polar surface area (TPSA) is 95.7 Å². The zero-order chi connectivity index (χ0) is 22.0. The van der Waals surface area contributed by atoms with Gasteiger partial charge in [-0.05, 0) is 39.7 Å². The van der Waals surface area contributed by atoms with Crippen LogP contribution in [0.15, 0.2) is 63.9 Å². The summed E-state index contributed by atoms with van der Waals surface area (Å²) in [6.45, 7) is 0.395.